The van der Waals surface area contributed by atoms with Gasteiger partial charge in [0.15, 0.2) is 5.82 Å². The largest absolute Gasteiger partial charge is 0.481 e. The minimum absolute atomic E-state index is 0.0388. The van der Waals surface area contributed by atoms with E-state index in [4.69, 9.17) is 37.0 Å². The van der Waals surface area contributed by atoms with Crippen molar-refractivity contribution in [2.45, 2.75) is 49.3 Å². The van der Waals surface area contributed by atoms with E-state index in [-0.39, 0.29) is 42.2 Å². The summed E-state index contributed by atoms with van der Waals surface area (Å²) in [5, 5.41) is 61.7. The molecule has 248 valence electrons. The van der Waals surface area contributed by atoms with E-state index < -0.39 is 54.8 Å². The highest BCUT2D eigenvalue weighted by Crippen LogP contribution is 2.25. The van der Waals surface area contributed by atoms with Gasteiger partial charge in [0.1, 0.15) is 36.3 Å². The molecule has 14 N–H and O–H groups in total. The Morgan fingerprint density at radius 1 is 1.16 bits per heavy atom. The third-order valence-electron chi connectivity index (χ3n) is 6.74. The van der Waals surface area contributed by atoms with E-state index >= 15 is 0 Å². The van der Waals surface area contributed by atoms with Crippen LogP contribution in [0.5, 0.6) is 0 Å². The molecule has 1 aromatic carbocycles. The van der Waals surface area contributed by atoms with Crippen LogP contribution in [0.25, 0.3) is 0 Å². The molecule has 0 bridgehead atoms. The number of nitrogens with two attached hydrogens (primary N) is 2. The molecule has 0 fully saturated rings. The number of carboxylic acids is 2. The fourth-order valence-electron chi connectivity index (χ4n) is 4.06. The summed E-state index contributed by atoms with van der Waals surface area (Å²) in [4.78, 5) is 64.9. The first-order valence-electron chi connectivity index (χ1n) is 13.5. The Kier molecular flexibility index (Phi) is 13.6. The van der Waals surface area contributed by atoms with E-state index in [0.717, 1.165) is 5.69 Å². The quantitative estimate of drug-likeness (QED) is 0.0886. The van der Waals surface area contributed by atoms with Crippen LogP contribution in [0.15, 0.2) is 29.1 Å². The Labute approximate surface area is 255 Å². The lowest BCUT2D eigenvalue weighted by Gasteiger charge is -2.35. The molecule has 2 aromatic rings. The van der Waals surface area contributed by atoms with Crippen molar-refractivity contribution in [3.05, 3.63) is 40.2 Å². The van der Waals surface area contributed by atoms with Crippen molar-refractivity contribution < 1.29 is 49.8 Å². The van der Waals surface area contributed by atoms with E-state index in [1.165, 1.54) is 12.1 Å². The zero-order chi connectivity index (χ0) is 33.8. The molecule has 0 saturated carbocycles. The lowest BCUT2D eigenvalue weighted by atomic mass is 10.0. The number of carbonyl (C=O) groups is 4. The number of carbonyl (C=O) groups excluding carboxylic acids is 2. The van der Waals surface area contributed by atoms with Crippen molar-refractivity contribution in [3.63, 3.8) is 0 Å². The summed E-state index contributed by atoms with van der Waals surface area (Å²) in [6.45, 7) is 0.304. The summed E-state index contributed by atoms with van der Waals surface area (Å²) in [5.41, 5.74) is 11.6. The number of aromatic nitrogens is 2. The number of hydrogen-bond acceptors (Lipinski definition) is 15. The molecule has 1 unspecified atom stereocenters. The average molecular weight is 639 g/mol. The molecule has 45 heavy (non-hydrogen) atoms. The van der Waals surface area contributed by atoms with Crippen LogP contribution in [-0.4, -0.2) is 128 Å². The van der Waals surface area contributed by atoms with Crippen molar-refractivity contribution in [1.29, 1.82) is 0 Å². The van der Waals surface area contributed by atoms with Gasteiger partial charge in [-0.1, -0.05) is 0 Å². The van der Waals surface area contributed by atoms with Crippen molar-refractivity contribution >= 4 is 47.3 Å². The average Bonchev–Trinajstić information content (AvgIpc) is 3.01. The van der Waals surface area contributed by atoms with Gasteiger partial charge in [0, 0.05) is 37.8 Å². The summed E-state index contributed by atoms with van der Waals surface area (Å²) in [7, 11) is 1.79. The normalized spacial score (nSPS) is 17.1. The summed E-state index contributed by atoms with van der Waals surface area (Å²) in [5.74, 6) is -2.59. The smallest absolute Gasteiger partial charge is 0.326 e. The van der Waals surface area contributed by atoms with Gasteiger partial charge in [-0.15, -0.1) is 0 Å². The number of rotatable bonds is 14. The molecular formula is C26H38N8O11. The first-order chi connectivity index (χ1) is 21.2. The number of anilines is 4. The van der Waals surface area contributed by atoms with Gasteiger partial charge in [0.25, 0.3) is 11.5 Å². The third kappa shape index (κ3) is 10.4. The fourth-order valence-corrected chi connectivity index (χ4v) is 4.06. The van der Waals surface area contributed by atoms with Crippen molar-refractivity contribution in [2.24, 2.45) is 5.73 Å². The highest BCUT2D eigenvalue weighted by atomic mass is 16.4. The lowest BCUT2D eigenvalue weighted by molar-refractivity contribution is -0.140. The molecule has 1 aliphatic rings. The number of aromatic amines is 1. The summed E-state index contributed by atoms with van der Waals surface area (Å²) < 4.78 is 0. The van der Waals surface area contributed by atoms with Gasteiger partial charge >= 0.3 is 11.9 Å². The third-order valence-corrected chi connectivity index (χ3v) is 6.74. The Morgan fingerprint density at radius 2 is 1.80 bits per heavy atom. The molecule has 0 saturated heterocycles. The fraction of sp³-hybridized carbons (Fsp3) is 0.462. The molecule has 0 radical (unpaired) electrons. The Bertz CT molecular complexity index is 1370. The van der Waals surface area contributed by atoms with E-state index in [1.807, 2.05) is 4.90 Å². The molecule has 2 heterocycles. The number of likely N-dealkylation sites (N-methyl/N-ethyl adjacent to an activating group) is 1. The van der Waals surface area contributed by atoms with Crippen molar-refractivity contribution in [3.8, 4) is 0 Å². The summed E-state index contributed by atoms with van der Waals surface area (Å²) >= 11 is 0. The number of aliphatic carboxylic acids is 2. The number of fused-ring (bicyclic) bond motifs is 1. The van der Waals surface area contributed by atoms with Gasteiger partial charge in [0.05, 0.1) is 18.7 Å². The van der Waals surface area contributed by atoms with E-state index in [1.54, 1.807) is 19.2 Å². The van der Waals surface area contributed by atoms with Crippen LogP contribution in [0, 0.1) is 0 Å². The number of aldehydes is 1. The SMILES string of the molecule is CN1c2c(nc(N)[nH]c2=O)NC[C@@H]1CNc1ccc(C(=O)NC(CCC(=O)O)C(=O)O)cc1.N[C@@H](C=O)[C@@H](O)[C@H](O)[C@H](O)CO. The second kappa shape index (κ2) is 16.9. The van der Waals surface area contributed by atoms with Crippen LogP contribution in [0.1, 0.15) is 23.2 Å². The number of nitrogens with one attached hydrogen (secondary N) is 4. The van der Waals surface area contributed by atoms with Gasteiger partial charge in [-0.05, 0) is 30.7 Å². The minimum atomic E-state index is -1.62. The maximum Gasteiger partial charge on any atom is 0.326 e. The van der Waals surface area contributed by atoms with Crippen LogP contribution in [0.2, 0.25) is 0 Å². The van der Waals surface area contributed by atoms with Crippen LogP contribution in [0.3, 0.4) is 0 Å². The molecular weight excluding hydrogens is 600 g/mol. The second-order valence-electron chi connectivity index (χ2n) is 9.99. The van der Waals surface area contributed by atoms with Gasteiger partial charge in [-0.25, -0.2) is 4.79 Å². The molecule has 1 aliphatic heterocycles. The minimum Gasteiger partial charge on any atom is -0.481 e. The summed E-state index contributed by atoms with van der Waals surface area (Å²) in [6.07, 6.45) is -5.01. The molecule has 19 heteroatoms. The zero-order valence-electron chi connectivity index (χ0n) is 24.2. The number of amides is 1. The first-order valence-corrected chi connectivity index (χ1v) is 13.5. The van der Waals surface area contributed by atoms with Crippen LogP contribution in [0.4, 0.5) is 23.1 Å². The molecule has 0 spiro atoms. The topological polar surface area (TPSA) is 327 Å². The van der Waals surface area contributed by atoms with Gasteiger partial charge in [-0.3, -0.25) is 19.4 Å². The van der Waals surface area contributed by atoms with Crippen LogP contribution >= 0.6 is 0 Å². The predicted octanol–water partition coefficient (Wildman–Crippen LogP) is -3.67. The second-order valence-corrected chi connectivity index (χ2v) is 9.99. The number of nitrogen functional groups attached to an aromatic ring is 1. The standard InChI is InChI=1S/C20H25N7O6.C6H13NO5/c1-27-12(9-23-16-15(27)18(31)26-20(21)25-16)8-22-11-4-2-10(3-5-11)17(30)24-13(19(32)33)6-7-14(28)29;7-3(1-8)5(11)6(12)4(10)2-9/h2-5,12-13,22H,6-9H2,1H3,(H,24,30)(H,28,29)(H,32,33)(H4,21,23,25,26,31);1,3-6,9-12H,2,7H2/t12-,13?;3-,4+,5+,6+/m00/s1. The Morgan fingerprint density at radius 3 is 2.36 bits per heavy atom. The molecule has 3 rings (SSSR count). The number of carboxylic acid groups (broad SMARTS) is 2. The number of H-pyrrole nitrogens is 1. The molecule has 0 aliphatic carbocycles. The van der Waals surface area contributed by atoms with Gasteiger partial charge in [-0.2, -0.15) is 4.98 Å². The molecule has 1 amide bonds. The maximum atomic E-state index is 12.3. The lowest BCUT2D eigenvalue weighted by Crippen LogP contribution is -2.49. The number of benzene rings is 1. The van der Waals surface area contributed by atoms with E-state index in [9.17, 15) is 29.1 Å². The molecule has 1 aromatic heterocycles. The summed E-state index contributed by atoms with van der Waals surface area (Å²) in [6, 6.07) is 3.77. The van der Waals surface area contributed by atoms with Crippen molar-refractivity contribution in [2.75, 3.05) is 48.0 Å². The highest BCUT2D eigenvalue weighted by Gasteiger charge is 2.29. The molecule has 6 atom stereocenters. The number of aliphatic hydroxyl groups excluding tert-OH is 4. The van der Waals surface area contributed by atoms with E-state index in [2.05, 4.69) is 25.9 Å². The maximum absolute atomic E-state index is 12.3. The Hall–Kier alpha value is -4.82. The van der Waals surface area contributed by atoms with Crippen LogP contribution in [-0.2, 0) is 14.4 Å². The van der Waals surface area contributed by atoms with Gasteiger partial charge in [0.2, 0.25) is 5.95 Å². The van der Waals surface area contributed by atoms with Crippen LogP contribution < -0.4 is 37.9 Å². The first kappa shape index (κ1) is 36.4. The van der Waals surface area contributed by atoms with E-state index in [0.29, 0.717) is 24.6 Å². The number of nitrogens with zero attached hydrogens (tertiary/aromatic N) is 2. The van der Waals surface area contributed by atoms with Gasteiger partial charge < -0.3 is 67.8 Å². The van der Waals surface area contributed by atoms with Crippen molar-refractivity contribution in [1.82, 2.24) is 15.3 Å². The number of aliphatic hydroxyl groups is 4. The predicted molar refractivity (Wildman–Crippen MR) is 160 cm³/mol. The zero-order valence-corrected chi connectivity index (χ0v) is 24.2. The molecule has 19 nitrogen and oxygen atoms in total. The monoisotopic (exact) mass is 638 g/mol. The highest BCUT2D eigenvalue weighted by molar-refractivity contribution is 5.97. The number of hydrogen-bond donors (Lipinski definition) is 12. The Balaban J connectivity index is 0.000000498.